The van der Waals surface area contributed by atoms with Crippen LogP contribution < -0.4 is 9.46 Å². The summed E-state index contributed by atoms with van der Waals surface area (Å²) in [5.74, 6) is -0.664. The van der Waals surface area contributed by atoms with Crippen molar-refractivity contribution in [1.82, 2.24) is 4.72 Å². The molecule has 0 bridgehead atoms. The third-order valence-corrected chi connectivity index (χ3v) is 6.77. The highest BCUT2D eigenvalue weighted by atomic mass is 32.2. The Labute approximate surface area is 155 Å². The van der Waals surface area contributed by atoms with E-state index in [9.17, 15) is 17.9 Å². The fraction of sp³-hybridized carbons (Fsp3) is 0.222. The zero-order valence-electron chi connectivity index (χ0n) is 14.2. The van der Waals surface area contributed by atoms with Crippen molar-refractivity contribution in [2.45, 2.75) is 17.4 Å². The van der Waals surface area contributed by atoms with Crippen LogP contribution in [0.2, 0.25) is 0 Å². The Hall–Kier alpha value is -2.00. The molecule has 2 N–H and O–H groups in total. The van der Waals surface area contributed by atoms with Gasteiger partial charge in [0.1, 0.15) is 22.1 Å². The van der Waals surface area contributed by atoms with Crippen molar-refractivity contribution in [3.8, 4) is 5.75 Å². The van der Waals surface area contributed by atoms with Gasteiger partial charge >= 0.3 is 0 Å². The lowest BCUT2D eigenvalue weighted by molar-refractivity contribution is 0.0666. The van der Waals surface area contributed by atoms with E-state index in [0.29, 0.717) is 4.88 Å². The molecule has 0 aliphatic carbocycles. The minimum Gasteiger partial charge on any atom is -0.495 e. The number of nitrogens with one attached hydrogen (secondary N) is 1. The Morgan fingerprint density at radius 3 is 2.65 bits per heavy atom. The highest BCUT2D eigenvalue weighted by Crippen LogP contribution is 2.33. The van der Waals surface area contributed by atoms with Gasteiger partial charge in [-0.25, -0.2) is 17.5 Å². The van der Waals surface area contributed by atoms with E-state index in [0.717, 1.165) is 22.2 Å². The van der Waals surface area contributed by atoms with E-state index in [-0.39, 0.29) is 17.2 Å². The van der Waals surface area contributed by atoms with Crippen LogP contribution in [0.4, 0.5) is 4.39 Å². The molecule has 26 heavy (non-hydrogen) atoms. The minimum absolute atomic E-state index is 0.0282. The summed E-state index contributed by atoms with van der Waals surface area (Å²) in [7, 11) is -2.76. The van der Waals surface area contributed by atoms with Gasteiger partial charge in [0.15, 0.2) is 0 Å². The van der Waals surface area contributed by atoms with Crippen LogP contribution in [0, 0.1) is 5.82 Å². The summed E-state index contributed by atoms with van der Waals surface area (Å²) in [5.41, 5.74) is -1.42. The maximum atomic E-state index is 13.5. The molecule has 1 unspecified atom stereocenters. The topological polar surface area (TPSA) is 75.6 Å². The fourth-order valence-corrected chi connectivity index (χ4v) is 4.93. The number of hydrogen-bond acceptors (Lipinski definition) is 5. The maximum absolute atomic E-state index is 13.5. The van der Waals surface area contributed by atoms with Gasteiger partial charge in [-0.1, -0.05) is 18.2 Å². The molecule has 2 aromatic carbocycles. The SMILES string of the molecule is COc1ccc(F)cc1S(=O)(=O)NCC(C)(O)c1cc2ccccc2s1. The molecule has 3 aromatic rings. The molecule has 1 heterocycles. The van der Waals surface area contributed by atoms with Crippen molar-refractivity contribution in [2.24, 2.45) is 0 Å². The number of benzene rings is 2. The number of rotatable bonds is 6. The molecule has 0 radical (unpaired) electrons. The first-order valence-electron chi connectivity index (χ1n) is 7.77. The van der Waals surface area contributed by atoms with Crippen molar-refractivity contribution in [2.75, 3.05) is 13.7 Å². The lowest BCUT2D eigenvalue weighted by Crippen LogP contribution is -2.38. The summed E-state index contributed by atoms with van der Waals surface area (Å²) in [5, 5.41) is 11.7. The summed E-state index contributed by atoms with van der Waals surface area (Å²) in [6.45, 7) is 1.27. The minimum atomic E-state index is -4.07. The zero-order valence-corrected chi connectivity index (χ0v) is 15.8. The van der Waals surface area contributed by atoms with Gasteiger partial charge in [-0.15, -0.1) is 11.3 Å². The fourth-order valence-electron chi connectivity index (χ4n) is 2.51. The summed E-state index contributed by atoms with van der Waals surface area (Å²) < 4.78 is 46.9. The summed E-state index contributed by atoms with van der Waals surface area (Å²) in [4.78, 5) is 0.319. The lowest BCUT2D eigenvalue weighted by atomic mass is 10.1. The molecular formula is C18H18FNO4S2. The van der Waals surface area contributed by atoms with Crippen molar-refractivity contribution in [3.05, 3.63) is 59.2 Å². The van der Waals surface area contributed by atoms with Gasteiger partial charge < -0.3 is 9.84 Å². The Bertz CT molecular complexity index is 1010. The standard InChI is InChI=1S/C18H18FNO4S2/c1-18(21,17-9-12-5-3-4-6-15(12)25-17)11-20-26(22,23)16-10-13(19)7-8-14(16)24-2/h3-10,20-21H,11H2,1-2H3. The lowest BCUT2D eigenvalue weighted by Gasteiger charge is -2.22. The van der Waals surface area contributed by atoms with E-state index in [4.69, 9.17) is 4.74 Å². The van der Waals surface area contributed by atoms with E-state index >= 15 is 0 Å². The molecule has 0 aliphatic rings. The first-order chi connectivity index (χ1) is 12.2. The van der Waals surface area contributed by atoms with Crippen LogP contribution in [0.25, 0.3) is 10.1 Å². The number of aliphatic hydroxyl groups is 1. The van der Waals surface area contributed by atoms with Gasteiger partial charge in [0.25, 0.3) is 0 Å². The Balaban J connectivity index is 1.85. The smallest absolute Gasteiger partial charge is 0.244 e. The molecule has 3 rings (SSSR count). The highest BCUT2D eigenvalue weighted by molar-refractivity contribution is 7.89. The zero-order chi connectivity index (χ0) is 18.9. The number of hydrogen-bond donors (Lipinski definition) is 2. The number of sulfonamides is 1. The number of fused-ring (bicyclic) bond motifs is 1. The molecule has 0 spiro atoms. The Kier molecular flexibility index (Phi) is 5.03. The molecule has 0 fully saturated rings. The predicted octanol–water partition coefficient (Wildman–Crippen LogP) is 3.24. The van der Waals surface area contributed by atoms with Gasteiger partial charge in [0.2, 0.25) is 10.0 Å². The first-order valence-corrected chi connectivity index (χ1v) is 10.1. The number of thiophene rings is 1. The van der Waals surface area contributed by atoms with Crippen molar-refractivity contribution in [1.29, 1.82) is 0 Å². The number of ether oxygens (including phenoxy) is 1. The maximum Gasteiger partial charge on any atom is 0.244 e. The van der Waals surface area contributed by atoms with E-state index in [1.807, 2.05) is 30.3 Å². The number of methoxy groups -OCH3 is 1. The summed E-state index contributed by atoms with van der Waals surface area (Å²) in [6, 6.07) is 12.7. The third-order valence-electron chi connectivity index (χ3n) is 3.98. The highest BCUT2D eigenvalue weighted by Gasteiger charge is 2.29. The quantitative estimate of drug-likeness (QED) is 0.672. The van der Waals surface area contributed by atoms with Crippen LogP contribution >= 0.6 is 11.3 Å². The van der Waals surface area contributed by atoms with Crippen LogP contribution in [0.3, 0.4) is 0 Å². The molecule has 0 saturated heterocycles. The monoisotopic (exact) mass is 395 g/mol. The molecular weight excluding hydrogens is 377 g/mol. The average Bonchev–Trinajstić information content (AvgIpc) is 3.05. The average molecular weight is 395 g/mol. The van der Waals surface area contributed by atoms with Crippen molar-refractivity contribution < 1.29 is 22.7 Å². The number of halogens is 1. The molecule has 0 amide bonds. The van der Waals surface area contributed by atoms with E-state index in [1.54, 1.807) is 0 Å². The van der Waals surface area contributed by atoms with Crippen molar-refractivity contribution in [3.63, 3.8) is 0 Å². The van der Waals surface area contributed by atoms with Crippen LogP contribution in [0.5, 0.6) is 5.75 Å². The molecule has 5 nitrogen and oxygen atoms in total. The van der Waals surface area contributed by atoms with Crippen LogP contribution in [-0.2, 0) is 15.6 Å². The van der Waals surface area contributed by atoms with Crippen LogP contribution in [0.1, 0.15) is 11.8 Å². The van der Waals surface area contributed by atoms with Crippen LogP contribution in [0.15, 0.2) is 53.4 Å². The first kappa shape index (κ1) is 18.8. The summed E-state index contributed by atoms with van der Waals surface area (Å²) >= 11 is 1.39. The second-order valence-electron chi connectivity index (χ2n) is 6.04. The molecule has 0 saturated carbocycles. The van der Waals surface area contributed by atoms with Gasteiger partial charge in [-0.05, 0) is 42.6 Å². The Morgan fingerprint density at radius 1 is 1.23 bits per heavy atom. The van der Waals surface area contributed by atoms with Crippen LogP contribution in [-0.4, -0.2) is 27.2 Å². The molecule has 1 atom stereocenters. The summed E-state index contributed by atoms with van der Waals surface area (Å²) in [6.07, 6.45) is 0. The molecule has 1 aromatic heterocycles. The largest absolute Gasteiger partial charge is 0.495 e. The second kappa shape index (κ2) is 6.96. The van der Waals surface area contributed by atoms with Gasteiger partial charge in [0, 0.05) is 16.1 Å². The molecule has 138 valence electrons. The third kappa shape index (κ3) is 3.73. The van der Waals surface area contributed by atoms with E-state index < -0.39 is 21.4 Å². The van der Waals surface area contributed by atoms with E-state index in [2.05, 4.69) is 4.72 Å². The normalized spacial score (nSPS) is 14.3. The predicted molar refractivity (Wildman–Crippen MR) is 99.5 cm³/mol. The molecule has 0 aliphatic heterocycles. The van der Waals surface area contributed by atoms with Crippen molar-refractivity contribution >= 4 is 31.4 Å². The van der Waals surface area contributed by atoms with Gasteiger partial charge in [-0.2, -0.15) is 0 Å². The van der Waals surface area contributed by atoms with Gasteiger partial charge in [-0.3, -0.25) is 0 Å². The second-order valence-corrected chi connectivity index (χ2v) is 8.86. The van der Waals surface area contributed by atoms with E-state index in [1.165, 1.54) is 31.4 Å². The molecule has 8 heteroatoms. The Morgan fingerprint density at radius 2 is 1.96 bits per heavy atom. The van der Waals surface area contributed by atoms with Gasteiger partial charge in [0.05, 0.1) is 7.11 Å².